The number of nitrogens with one attached hydrogen (secondary N) is 1. The Hall–Kier alpha value is -3.22. The molecular weight excluding hydrogens is 322 g/mol. The number of benzene rings is 2. The molecule has 7 heteroatoms. The van der Waals surface area contributed by atoms with E-state index in [9.17, 15) is 19.7 Å². The number of nitrogens with zero attached hydrogens (tertiary/aromatic N) is 2. The van der Waals surface area contributed by atoms with E-state index in [1.54, 1.807) is 41.3 Å². The zero-order valence-corrected chi connectivity index (χ0v) is 13.5. The summed E-state index contributed by atoms with van der Waals surface area (Å²) in [5, 5.41) is 13.8. The molecule has 1 aliphatic rings. The molecule has 2 amide bonds. The van der Waals surface area contributed by atoms with Gasteiger partial charge in [-0.05, 0) is 24.6 Å². The molecule has 25 heavy (non-hydrogen) atoms. The van der Waals surface area contributed by atoms with Crippen LogP contribution in [0.15, 0.2) is 48.5 Å². The first-order chi connectivity index (χ1) is 12.0. The number of carbonyl (C=O) groups is 2. The van der Waals surface area contributed by atoms with Crippen molar-refractivity contribution in [2.24, 2.45) is 0 Å². The van der Waals surface area contributed by atoms with Gasteiger partial charge in [-0.25, -0.2) is 0 Å². The molecule has 0 saturated carbocycles. The molecule has 1 saturated heterocycles. The van der Waals surface area contributed by atoms with Crippen molar-refractivity contribution in [2.75, 3.05) is 16.8 Å². The van der Waals surface area contributed by atoms with Crippen LogP contribution in [0.5, 0.6) is 0 Å². The van der Waals surface area contributed by atoms with E-state index >= 15 is 0 Å². The lowest BCUT2D eigenvalue weighted by Crippen LogP contribution is -2.23. The first-order valence-corrected chi connectivity index (χ1v) is 7.97. The first kappa shape index (κ1) is 16.6. The minimum absolute atomic E-state index is 0.0726. The number of anilines is 2. The third-order valence-corrected chi connectivity index (χ3v) is 4.05. The van der Waals surface area contributed by atoms with Crippen molar-refractivity contribution in [2.45, 2.75) is 19.3 Å². The Bertz CT molecular complexity index is 835. The van der Waals surface area contributed by atoms with Crippen LogP contribution in [0.2, 0.25) is 0 Å². The highest BCUT2D eigenvalue weighted by atomic mass is 16.6. The maximum atomic E-state index is 12.2. The zero-order chi connectivity index (χ0) is 17.8. The van der Waals surface area contributed by atoms with Gasteiger partial charge in [-0.2, -0.15) is 0 Å². The Labute approximate surface area is 144 Å². The van der Waals surface area contributed by atoms with Crippen molar-refractivity contribution >= 4 is 28.9 Å². The van der Waals surface area contributed by atoms with Crippen LogP contribution < -0.4 is 10.2 Å². The second kappa shape index (κ2) is 7.12. The lowest BCUT2D eigenvalue weighted by molar-refractivity contribution is -0.385. The molecule has 3 rings (SSSR count). The van der Waals surface area contributed by atoms with Gasteiger partial charge in [0.05, 0.1) is 11.3 Å². The topological polar surface area (TPSA) is 92.5 Å². The van der Waals surface area contributed by atoms with E-state index in [-0.39, 0.29) is 23.9 Å². The Balaban J connectivity index is 1.71. The highest BCUT2D eigenvalue weighted by Crippen LogP contribution is 2.24. The molecule has 0 bridgehead atoms. The molecule has 7 nitrogen and oxygen atoms in total. The Morgan fingerprint density at radius 3 is 2.72 bits per heavy atom. The zero-order valence-electron chi connectivity index (χ0n) is 13.5. The summed E-state index contributed by atoms with van der Waals surface area (Å²) in [6, 6.07) is 13.2. The summed E-state index contributed by atoms with van der Waals surface area (Å²) in [6.45, 7) is 0.673. The van der Waals surface area contributed by atoms with Crippen molar-refractivity contribution in [1.82, 2.24) is 0 Å². The van der Waals surface area contributed by atoms with Crippen LogP contribution in [0.4, 0.5) is 17.1 Å². The van der Waals surface area contributed by atoms with Crippen LogP contribution in [0, 0.1) is 10.1 Å². The third-order valence-electron chi connectivity index (χ3n) is 4.05. The highest BCUT2D eigenvalue weighted by molar-refractivity contribution is 5.97. The number of carbonyl (C=O) groups excluding carboxylic acids is 2. The van der Waals surface area contributed by atoms with Crippen molar-refractivity contribution in [3.8, 4) is 0 Å². The molecule has 2 aromatic rings. The molecule has 0 atom stereocenters. The maximum absolute atomic E-state index is 12.2. The Morgan fingerprint density at radius 1 is 1.20 bits per heavy atom. The molecule has 2 aromatic carbocycles. The predicted molar refractivity (Wildman–Crippen MR) is 93.5 cm³/mol. The number of amides is 2. The Morgan fingerprint density at radius 2 is 2.00 bits per heavy atom. The number of nitro benzene ring substituents is 1. The molecule has 1 heterocycles. The van der Waals surface area contributed by atoms with Gasteiger partial charge in [-0.15, -0.1) is 0 Å². The van der Waals surface area contributed by atoms with Crippen LogP contribution in [0.25, 0.3) is 0 Å². The van der Waals surface area contributed by atoms with Crippen LogP contribution >= 0.6 is 0 Å². The van der Waals surface area contributed by atoms with Gasteiger partial charge in [0.2, 0.25) is 11.8 Å². The number of hydrogen-bond acceptors (Lipinski definition) is 4. The molecule has 1 fully saturated rings. The lowest BCUT2D eigenvalue weighted by atomic mass is 10.1. The molecule has 1 aliphatic heterocycles. The lowest BCUT2D eigenvalue weighted by Gasteiger charge is -2.16. The smallest absolute Gasteiger partial charge is 0.273 e. The summed E-state index contributed by atoms with van der Waals surface area (Å²) < 4.78 is 0. The van der Waals surface area contributed by atoms with Crippen molar-refractivity contribution < 1.29 is 14.5 Å². The van der Waals surface area contributed by atoms with Gasteiger partial charge in [0, 0.05) is 36.0 Å². The normalized spacial score (nSPS) is 13.8. The summed E-state index contributed by atoms with van der Waals surface area (Å²) in [4.78, 5) is 36.3. The largest absolute Gasteiger partial charge is 0.326 e. The predicted octanol–water partition coefficient (Wildman–Crippen LogP) is 2.90. The molecule has 0 aromatic heterocycles. The van der Waals surface area contributed by atoms with E-state index < -0.39 is 4.92 Å². The molecule has 0 unspecified atom stereocenters. The van der Waals surface area contributed by atoms with E-state index in [0.29, 0.717) is 24.2 Å². The van der Waals surface area contributed by atoms with Crippen molar-refractivity contribution in [1.29, 1.82) is 0 Å². The number of hydrogen-bond donors (Lipinski definition) is 1. The van der Waals surface area contributed by atoms with Gasteiger partial charge in [0.25, 0.3) is 5.69 Å². The van der Waals surface area contributed by atoms with E-state index in [0.717, 1.165) is 12.1 Å². The van der Waals surface area contributed by atoms with Gasteiger partial charge in [-0.1, -0.05) is 24.3 Å². The van der Waals surface area contributed by atoms with E-state index in [1.165, 1.54) is 6.07 Å². The van der Waals surface area contributed by atoms with Gasteiger partial charge in [0.15, 0.2) is 0 Å². The summed E-state index contributed by atoms with van der Waals surface area (Å²) >= 11 is 0. The van der Waals surface area contributed by atoms with E-state index in [4.69, 9.17) is 0 Å². The fraction of sp³-hybridized carbons (Fsp3) is 0.222. The molecule has 0 spiro atoms. The van der Waals surface area contributed by atoms with E-state index in [2.05, 4.69) is 5.32 Å². The van der Waals surface area contributed by atoms with Crippen molar-refractivity contribution in [3.05, 3.63) is 64.2 Å². The summed E-state index contributed by atoms with van der Waals surface area (Å²) in [6.07, 6.45) is 1.27. The summed E-state index contributed by atoms with van der Waals surface area (Å²) in [5.74, 6) is -0.275. The van der Waals surface area contributed by atoms with Crippen LogP contribution in [-0.2, 0) is 16.0 Å². The SMILES string of the molecule is O=C(Cc1ccccc1[N+](=O)[O-])Nc1cccc(N2CCCC2=O)c1. The highest BCUT2D eigenvalue weighted by Gasteiger charge is 2.22. The molecule has 0 radical (unpaired) electrons. The monoisotopic (exact) mass is 339 g/mol. The average molecular weight is 339 g/mol. The molecule has 128 valence electrons. The van der Waals surface area contributed by atoms with Gasteiger partial charge in [-0.3, -0.25) is 19.7 Å². The van der Waals surface area contributed by atoms with Crippen molar-refractivity contribution in [3.63, 3.8) is 0 Å². The standard InChI is InChI=1S/C18H17N3O4/c22-17(11-13-5-1-2-8-16(13)21(24)25)19-14-6-3-7-15(12-14)20-10-4-9-18(20)23/h1-3,5-8,12H,4,9-11H2,(H,19,22). The second-order valence-corrected chi connectivity index (χ2v) is 5.81. The van der Waals surface area contributed by atoms with Crippen LogP contribution in [-0.4, -0.2) is 23.3 Å². The fourth-order valence-corrected chi connectivity index (χ4v) is 2.89. The van der Waals surface area contributed by atoms with Gasteiger partial charge < -0.3 is 10.2 Å². The first-order valence-electron chi connectivity index (χ1n) is 7.97. The molecule has 0 aliphatic carbocycles. The average Bonchev–Trinajstić information content (AvgIpc) is 3.01. The quantitative estimate of drug-likeness (QED) is 0.669. The Kier molecular flexibility index (Phi) is 4.74. The minimum atomic E-state index is -0.498. The summed E-state index contributed by atoms with van der Waals surface area (Å²) in [7, 11) is 0. The number of para-hydroxylation sites is 1. The van der Waals surface area contributed by atoms with Crippen LogP contribution in [0.3, 0.4) is 0 Å². The minimum Gasteiger partial charge on any atom is -0.326 e. The number of nitro groups is 1. The van der Waals surface area contributed by atoms with E-state index in [1.807, 2.05) is 6.07 Å². The molecular formula is C18H17N3O4. The maximum Gasteiger partial charge on any atom is 0.273 e. The second-order valence-electron chi connectivity index (χ2n) is 5.81. The number of rotatable bonds is 5. The fourth-order valence-electron chi connectivity index (χ4n) is 2.89. The summed E-state index contributed by atoms with van der Waals surface area (Å²) in [5.41, 5.74) is 1.58. The van der Waals surface area contributed by atoms with Gasteiger partial charge >= 0.3 is 0 Å². The van der Waals surface area contributed by atoms with Crippen LogP contribution in [0.1, 0.15) is 18.4 Å². The van der Waals surface area contributed by atoms with Gasteiger partial charge in [0.1, 0.15) is 0 Å². The third kappa shape index (κ3) is 3.82. The molecule has 1 N–H and O–H groups in total.